The van der Waals surface area contributed by atoms with Crippen LogP contribution in [0.25, 0.3) is 0 Å². The Balaban J connectivity index is 3.12. The van der Waals surface area contributed by atoms with Gasteiger partial charge in [0.15, 0.2) is 0 Å². The van der Waals surface area contributed by atoms with Crippen molar-refractivity contribution in [2.45, 2.75) is 4.90 Å². The van der Waals surface area contributed by atoms with E-state index in [2.05, 4.69) is 0 Å². The molecule has 1 aromatic carbocycles. The number of benzene rings is 1. The molecule has 5 heteroatoms. The number of hydrogen-bond donors (Lipinski definition) is 1. The lowest BCUT2D eigenvalue weighted by Crippen LogP contribution is -2.11. The SMILES string of the molecule is NC(=O)c1cccc(S(=O)[O-])c1. The Labute approximate surface area is 71.7 Å². The number of primary amides is 1. The third-order valence-corrected chi connectivity index (χ3v) is 1.95. The number of hydrogen-bond acceptors (Lipinski definition) is 3. The second-order valence-electron chi connectivity index (χ2n) is 2.13. The Morgan fingerprint density at radius 1 is 1.50 bits per heavy atom. The van der Waals surface area contributed by atoms with Gasteiger partial charge in [0, 0.05) is 10.5 Å². The highest BCUT2D eigenvalue weighted by Gasteiger charge is 2.00. The van der Waals surface area contributed by atoms with Gasteiger partial charge in [-0.05, 0) is 29.3 Å². The molecule has 0 heterocycles. The highest BCUT2D eigenvalue weighted by molar-refractivity contribution is 7.79. The summed E-state index contributed by atoms with van der Waals surface area (Å²) < 4.78 is 20.8. The molecule has 0 aromatic heterocycles. The van der Waals surface area contributed by atoms with Crippen molar-refractivity contribution in [1.82, 2.24) is 0 Å². The molecule has 0 spiro atoms. The third-order valence-electron chi connectivity index (χ3n) is 1.31. The highest BCUT2D eigenvalue weighted by atomic mass is 32.2. The van der Waals surface area contributed by atoms with Crippen LogP contribution in [0, 0.1) is 0 Å². The monoisotopic (exact) mass is 184 g/mol. The molecule has 0 fully saturated rings. The van der Waals surface area contributed by atoms with E-state index < -0.39 is 17.0 Å². The summed E-state index contributed by atoms with van der Waals surface area (Å²) in [6, 6.07) is 5.53. The molecule has 1 rings (SSSR count). The van der Waals surface area contributed by atoms with Gasteiger partial charge in [-0.2, -0.15) is 0 Å². The maximum atomic E-state index is 10.6. The molecule has 0 radical (unpaired) electrons. The number of carbonyl (C=O) groups excluding carboxylic acids is 1. The molecule has 0 aliphatic rings. The van der Waals surface area contributed by atoms with Crippen molar-refractivity contribution < 1.29 is 13.6 Å². The van der Waals surface area contributed by atoms with Crippen LogP contribution in [0.15, 0.2) is 29.2 Å². The van der Waals surface area contributed by atoms with E-state index in [4.69, 9.17) is 5.73 Å². The van der Waals surface area contributed by atoms with Gasteiger partial charge in [-0.25, -0.2) is 0 Å². The largest absolute Gasteiger partial charge is 0.768 e. The first-order valence-electron chi connectivity index (χ1n) is 3.10. The molecule has 0 aliphatic heterocycles. The van der Waals surface area contributed by atoms with Gasteiger partial charge in [0.25, 0.3) is 0 Å². The molecular weight excluding hydrogens is 178 g/mol. The minimum Gasteiger partial charge on any atom is -0.768 e. The zero-order valence-electron chi connectivity index (χ0n) is 6.02. The van der Waals surface area contributed by atoms with Crippen LogP contribution in [0.4, 0.5) is 0 Å². The van der Waals surface area contributed by atoms with Gasteiger partial charge < -0.3 is 10.3 Å². The van der Waals surface area contributed by atoms with Crippen LogP contribution in [-0.2, 0) is 11.1 Å². The molecule has 0 saturated carbocycles. The van der Waals surface area contributed by atoms with E-state index in [9.17, 15) is 13.6 Å². The molecule has 1 unspecified atom stereocenters. The Hall–Kier alpha value is -1.20. The fourth-order valence-corrected chi connectivity index (χ4v) is 1.17. The first-order chi connectivity index (χ1) is 5.61. The van der Waals surface area contributed by atoms with Crippen LogP contribution in [0.2, 0.25) is 0 Å². The summed E-state index contributed by atoms with van der Waals surface area (Å²) in [6.07, 6.45) is 0. The fourth-order valence-electron chi connectivity index (χ4n) is 0.753. The van der Waals surface area contributed by atoms with Crippen LogP contribution < -0.4 is 5.73 Å². The van der Waals surface area contributed by atoms with Crippen molar-refractivity contribution in [2.24, 2.45) is 5.73 Å². The second kappa shape index (κ2) is 3.46. The van der Waals surface area contributed by atoms with Gasteiger partial charge in [0.1, 0.15) is 0 Å². The Morgan fingerprint density at radius 3 is 2.67 bits per heavy atom. The lowest BCUT2D eigenvalue weighted by atomic mass is 10.2. The molecular formula is C7H6NO3S-. The standard InChI is InChI=1S/C7H7NO3S/c8-7(9)5-2-1-3-6(4-5)12(10)11/h1-4H,(H2,8,9)(H,10,11)/p-1. The van der Waals surface area contributed by atoms with E-state index >= 15 is 0 Å². The molecule has 2 N–H and O–H groups in total. The summed E-state index contributed by atoms with van der Waals surface area (Å²) in [5, 5.41) is 0. The molecule has 64 valence electrons. The Morgan fingerprint density at radius 2 is 2.17 bits per heavy atom. The molecule has 1 amide bonds. The lowest BCUT2D eigenvalue weighted by Gasteiger charge is -2.04. The smallest absolute Gasteiger partial charge is 0.248 e. The van der Waals surface area contributed by atoms with E-state index in [-0.39, 0.29) is 10.5 Å². The molecule has 0 saturated heterocycles. The molecule has 1 aromatic rings. The van der Waals surface area contributed by atoms with Gasteiger partial charge in [-0.15, -0.1) is 0 Å². The van der Waals surface area contributed by atoms with Crippen molar-refractivity contribution in [1.29, 1.82) is 0 Å². The maximum Gasteiger partial charge on any atom is 0.248 e. The van der Waals surface area contributed by atoms with Gasteiger partial charge in [0.05, 0.1) is 0 Å². The Kier molecular flexibility index (Phi) is 2.57. The Bertz CT molecular complexity index is 308. The average molecular weight is 184 g/mol. The fraction of sp³-hybridized carbons (Fsp3) is 0. The van der Waals surface area contributed by atoms with Crippen LogP contribution in [0.1, 0.15) is 10.4 Å². The summed E-state index contributed by atoms with van der Waals surface area (Å²) >= 11 is -2.31. The quantitative estimate of drug-likeness (QED) is 0.658. The van der Waals surface area contributed by atoms with E-state index in [1.165, 1.54) is 24.3 Å². The van der Waals surface area contributed by atoms with Crippen molar-refractivity contribution in [2.75, 3.05) is 0 Å². The van der Waals surface area contributed by atoms with Crippen LogP contribution >= 0.6 is 0 Å². The lowest BCUT2D eigenvalue weighted by molar-refractivity contribution is 0.1000. The van der Waals surface area contributed by atoms with Gasteiger partial charge in [-0.1, -0.05) is 6.07 Å². The van der Waals surface area contributed by atoms with Crippen LogP contribution in [-0.4, -0.2) is 14.7 Å². The minimum atomic E-state index is -2.31. The first-order valence-corrected chi connectivity index (χ1v) is 4.18. The normalized spacial score (nSPS) is 12.4. The summed E-state index contributed by atoms with van der Waals surface area (Å²) in [7, 11) is 0. The van der Waals surface area contributed by atoms with E-state index in [0.29, 0.717) is 0 Å². The number of nitrogens with two attached hydrogens (primary N) is 1. The van der Waals surface area contributed by atoms with Crippen molar-refractivity contribution >= 4 is 17.0 Å². The zero-order valence-corrected chi connectivity index (χ0v) is 6.84. The molecule has 12 heavy (non-hydrogen) atoms. The topological polar surface area (TPSA) is 83.2 Å². The molecule has 1 atom stereocenters. The van der Waals surface area contributed by atoms with Gasteiger partial charge in [-0.3, -0.25) is 9.00 Å². The predicted molar refractivity (Wildman–Crippen MR) is 42.1 cm³/mol. The number of amides is 1. The van der Waals surface area contributed by atoms with Crippen molar-refractivity contribution in [3.63, 3.8) is 0 Å². The van der Waals surface area contributed by atoms with Gasteiger partial charge in [0.2, 0.25) is 5.91 Å². The number of rotatable bonds is 2. The van der Waals surface area contributed by atoms with Crippen molar-refractivity contribution in [3.8, 4) is 0 Å². The third kappa shape index (κ3) is 1.90. The zero-order chi connectivity index (χ0) is 9.14. The summed E-state index contributed by atoms with van der Waals surface area (Å²) in [5.74, 6) is -0.637. The second-order valence-corrected chi connectivity index (χ2v) is 3.07. The van der Waals surface area contributed by atoms with Crippen LogP contribution in [0.3, 0.4) is 0 Å². The summed E-state index contributed by atoms with van der Waals surface area (Å²) in [4.78, 5) is 10.7. The van der Waals surface area contributed by atoms with Crippen molar-refractivity contribution in [3.05, 3.63) is 29.8 Å². The number of carbonyl (C=O) groups is 1. The maximum absolute atomic E-state index is 10.6. The van der Waals surface area contributed by atoms with Crippen LogP contribution in [0.5, 0.6) is 0 Å². The summed E-state index contributed by atoms with van der Waals surface area (Å²) in [5.41, 5.74) is 5.13. The van der Waals surface area contributed by atoms with Gasteiger partial charge >= 0.3 is 0 Å². The first kappa shape index (κ1) is 8.89. The predicted octanol–water partition coefficient (Wildman–Crippen LogP) is 0.0235. The highest BCUT2D eigenvalue weighted by Crippen LogP contribution is 2.07. The van der Waals surface area contributed by atoms with E-state index in [0.717, 1.165) is 0 Å². The minimum absolute atomic E-state index is 0.0614. The molecule has 0 aliphatic carbocycles. The van der Waals surface area contributed by atoms with E-state index in [1.807, 2.05) is 0 Å². The molecule has 4 nitrogen and oxygen atoms in total. The van der Waals surface area contributed by atoms with E-state index in [1.54, 1.807) is 0 Å². The molecule has 0 bridgehead atoms. The average Bonchev–Trinajstić information content (AvgIpc) is 2.04. The summed E-state index contributed by atoms with van der Waals surface area (Å²) in [6.45, 7) is 0.